The first kappa shape index (κ1) is 22.4. The van der Waals surface area contributed by atoms with Crippen LogP contribution in [-0.2, 0) is 13.1 Å². The number of guanidine groups is 1. The van der Waals surface area contributed by atoms with E-state index in [1.807, 2.05) is 6.92 Å². The summed E-state index contributed by atoms with van der Waals surface area (Å²) in [7, 11) is 0. The topological polar surface area (TPSA) is 84.6 Å². The lowest BCUT2D eigenvalue weighted by Gasteiger charge is -2.12. The van der Waals surface area contributed by atoms with E-state index in [0.29, 0.717) is 41.4 Å². The lowest BCUT2D eigenvalue weighted by molar-refractivity contribution is -0.0504. The Balaban J connectivity index is 0.00000338. The van der Waals surface area contributed by atoms with Gasteiger partial charge in [-0.2, -0.15) is 13.8 Å². The van der Waals surface area contributed by atoms with Gasteiger partial charge in [-0.25, -0.2) is 4.99 Å². The Morgan fingerprint density at radius 2 is 2.15 bits per heavy atom. The van der Waals surface area contributed by atoms with Crippen LogP contribution in [0.4, 0.5) is 8.78 Å². The molecule has 0 aliphatic heterocycles. The van der Waals surface area contributed by atoms with Gasteiger partial charge in [-0.15, -0.1) is 24.0 Å². The van der Waals surface area contributed by atoms with Crippen molar-refractivity contribution in [1.82, 2.24) is 20.8 Å². The molecule has 0 radical (unpaired) electrons. The molecule has 0 bridgehead atoms. The van der Waals surface area contributed by atoms with Crippen LogP contribution in [0.25, 0.3) is 0 Å². The third-order valence-electron chi connectivity index (χ3n) is 2.97. The predicted molar refractivity (Wildman–Crippen MR) is 104 cm³/mol. The van der Waals surface area contributed by atoms with E-state index < -0.39 is 6.61 Å². The average molecular weight is 502 g/mol. The van der Waals surface area contributed by atoms with Crippen molar-refractivity contribution in [3.8, 4) is 5.75 Å². The summed E-state index contributed by atoms with van der Waals surface area (Å²) in [5.74, 6) is 1.44. The first-order valence-electron chi connectivity index (χ1n) is 7.52. The Hall–Kier alpha value is -1.69. The molecule has 2 N–H and O–H groups in total. The van der Waals surface area contributed by atoms with Crippen LogP contribution >= 0.6 is 35.6 Å². The molecule has 1 aromatic heterocycles. The Kier molecular flexibility index (Phi) is 9.55. The smallest absolute Gasteiger partial charge is 0.387 e. The summed E-state index contributed by atoms with van der Waals surface area (Å²) < 4.78 is 34.4. The number of alkyl halides is 2. The van der Waals surface area contributed by atoms with E-state index in [2.05, 4.69) is 30.5 Å². The van der Waals surface area contributed by atoms with Crippen molar-refractivity contribution in [2.75, 3.05) is 6.54 Å². The highest BCUT2D eigenvalue weighted by Gasteiger charge is 2.11. The van der Waals surface area contributed by atoms with Gasteiger partial charge in [0, 0.05) is 24.1 Å². The van der Waals surface area contributed by atoms with E-state index in [9.17, 15) is 8.78 Å². The minimum atomic E-state index is -2.92. The fourth-order valence-electron chi connectivity index (χ4n) is 1.96. The number of aromatic nitrogens is 2. The maximum Gasteiger partial charge on any atom is 0.387 e. The number of aryl methyl sites for hydroxylation is 1. The van der Waals surface area contributed by atoms with Crippen LogP contribution in [0.2, 0.25) is 5.02 Å². The number of rotatable bonds is 7. The number of nitrogens with zero attached hydrogens (tertiary/aromatic N) is 3. The second kappa shape index (κ2) is 11.1. The zero-order valence-electron chi connectivity index (χ0n) is 14.1. The minimum Gasteiger partial charge on any atom is -0.434 e. The Bertz CT molecular complexity index is 730. The first-order chi connectivity index (χ1) is 12.0. The summed E-state index contributed by atoms with van der Waals surface area (Å²) in [5.41, 5.74) is 0.445. The molecule has 0 aliphatic rings. The number of ether oxygens (including phenoxy) is 1. The minimum absolute atomic E-state index is 0. The van der Waals surface area contributed by atoms with Gasteiger partial charge in [-0.05, 0) is 25.1 Å². The lowest BCUT2D eigenvalue weighted by Crippen LogP contribution is -2.37. The van der Waals surface area contributed by atoms with Crippen LogP contribution in [-0.4, -0.2) is 29.3 Å². The summed E-state index contributed by atoms with van der Waals surface area (Å²) in [4.78, 5) is 8.41. The molecule has 1 heterocycles. The predicted octanol–water partition coefficient (Wildman–Crippen LogP) is 3.51. The van der Waals surface area contributed by atoms with Crippen molar-refractivity contribution < 1.29 is 18.0 Å². The third kappa shape index (κ3) is 7.28. The molecular formula is C15H19ClF2IN5O2. The fourth-order valence-corrected chi connectivity index (χ4v) is 2.16. The Morgan fingerprint density at radius 1 is 1.38 bits per heavy atom. The van der Waals surface area contributed by atoms with E-state index >= 15 is 0 Å². The number of aliphatic imine (C=N–C) groups is 1. The van der Waals surface area contributed by atoms with Gasteiger partial charge in [0.2, 0.25) is 5.89 Å². The molecular weight excluding hydrogens is 483 g/mol. The van der Waals surface area contributed by atoms with E-state index in [1.54, 1.807) is 6.92 Å². The highest BCUT2D eigenvalue weighted by atomic mass is 127. The number of benzene rings is 1. The molecule has 144 valence electrons. The van der Waals surface area contributed by atoms with Gasteiger partial charge in [-0.3, -0.25) is 0 Å². The average Bonchev–Trinajstić information content (AvgIpc) is 2.97. The molecule has 0 aliphatic carbocycles. The third-order valence-corrected chi connectivity index (χ3v) is 3.21. The van der Waals surface area contributed by atoms with Gasteiger partial charge in [0.15, 0.2) is 11.8 Å². The van der Waals surface area contributed by atoms with E-state index in [1.165, 1.54) is 18.2 Å². The van der Waals surface area contributed by atoms with Crippen LogP contribution in [0.15, 0.2) is 27.7 Å². The molecule has 1 aromatic carbocycles. The second-order valence-electron chi connectivity index (χ2n) is 4.91. The van der Waals surface area contributed by atoms with Gasteiger partial charge in [0.05, 0.1) is 13.1 Å². The molecule has 2 aromatic rings. The highest BCUT2D eigenvalue weighted by molar-refractivity contribution is 14.0. The van der Waals surface area contributed by atoms with Crippen LogP contribution in [0.5, 0.6) is 5.75 Å². The van der Waals surface area contributed by atoms with Crippen molar-refractivity contribution in [3.05, 3.63) is 40.5 Å². The van der Waals surface area contributed by atoms with Crippen molar-refractivity contribution in [1.29, 1.82) is 0 Å². The SMILES string of the molecule is CCNC(=NCc1cc(Cl)ccc1OC(F)F)NCc1noc(C)n1.I. The van der Waals surface area contributed by atoms with Gasteiger partial charge < -0.3 is 19.9 Å². The molecule has 0 saturated heterocycles. The molecule has 11 heteroatoms. The standard InChI is InChI=1S/C15H18ClF2N5O2.HI/c1-3-19-15(21-8-13-22-9(2)25-23-13)20-7-10-6-11(16)4-5-12(10)24-14(17)18;/h4-6,14H,3,7-8H2,1-2H3,(H2,19,20,21);1H. The maximum absolute atomic E-state index is 12.5. The molecule has 0 fully saturated rings. The first-order valence-corrected chi connectivity index (χ1v) is 7.90. The summed E-state index contributed by atoms with van der Waals surface area (Å²) in [6.07, 6.45) is 0. The van der Waals surface area contributed by atoms with Crippen molar-refractivity contribution >= 4 is 41.5 Å². The van der Waals surface area contributed by atoms with E-state index in [4.69, 9.17) is 16.1 Å². The van der Waals surface area contributed by atoms with Gasteiger partial charge >= 0.3 is 6.61 Å². The summed E-state index contributed by atoms with van der Waals surface area (Å²) in [6, 6.07) is 4.41. The number of halogens is 4. The maximum atomic E-state index is 12.5. The Morgan fingerprint density at radius 3 is 2.77 bits per heavy atom. The molecule has 7 nitrogen and oxygen atoms in total. The molecule has 0 saturated carbocycles. The molecule has 2 rings (SSSR count). The molecule has 26 heavy (non-hydrogen) atoms. The van der Waals surface area contributed by atoms with E-state index in [0.717, 1.165) is 0 Å². The zero-order valence-corrected chi connectivity index (χ0v) is 17.2. The number of hydrogen-bond acceptors (Lipinski definition) is 5. The van der Waals surface area contributed by atoms with E-state index in [-0.39, 0.29) is 36.3 Å². The summed E-state index contributed by atoms with van der Waals surface area (Å²) in [5, 5.41) is 10.2. The Labute approximate surface area is 171 Å². The van der Waals surface area contributed by atoms with Gasteiger partial charge in [-0.1, -0.05) is 16.8 Å². The fraction of sp³-hybridized carbons (Fsp3) is 0.400. The number of nitrogens with one attached hydrogen (secondary N) is 2. The van der Waals surface area contributed by atoms with Crippen LogP contribution in [0.1, 0.15) is 24.2 Å². The van der Waals surface area contributed by atoms with Gasteiger partial charge in [0.25, 0.3) is 0 Å². The second-order valence-corrected chi connectivity index (χ2v) is 5.35. The molecule has 0 spiro atoms. The van der Waals surface area contributed by atoms with Crippen LogP contribution in [0.3, 0.4) is 0 Å². The quantitative estimate of drug-likeness (QED) is 0.343. The lowest BCUT2D eigenvalue weighted by atomic mass is 10.2. The molecule has 0 amide bonds. The molecule has 0 unspecified atom stereocenters. The highest BCUT2D eigenvalue weighted by Crippen LogP contribution is 2.25. The summed E-state index contributed by atoms with van der Waals surface area (Å²) >= 11 is 5.92. The van der Waals surface area contributed by atoms with Crippen molar-refractivity contribution in [3.63, 3.8) is 0 Å². The zero-order chi connectivity index (χ0) is 18.2. The number of hydrogen-bond donors (Lipinski definition) is 2. The monoisotopic (exact) mass is 501 g/mol. The van der Waals surface area contributed by atoms with Crippen LogP contribution in [0, 0.1) is 6.92 Å². The molecule has 0 atom stereocenters. The van der Waals surface area contributed by atoms with Crippen molar-refractivity contribution in [2.24, 2.45) is 4.99 Å². The largest absolute Gasteiger partial charge is 0.434 e. The van der Waals surface area contributed by atoms with Crippen molar-refractivity contribution in [2.45, 2.75) is 33.5 Å². The summed E-state index contributed by atoms with van der Waals surface area (Å²) in [6.45, 7) is 1.70. The normalized spacial score (nSPS) is 11.2. The van der Waals surface area contributed by atoms with Gasteiger partial charge in [0.1, 0.15) is 5.75 Å². The van der Waals surface area contributed by atoms with Crippen LogP contribution < -0.4 is 15.4 Å².